The first-order valence-corrected chi connectivity index (χ1v) is 7.79. The average Bonchev–Trinajstić information content (AvgIpc) is 2.74. The number of aliphatic imine (C=N–C) groups is 1. The second-order valence-corrected chi connectivity index (χ2v) is 5.52. The molecule has 0 heterocycles. The maximum atomic E-state index is 13.3. The van der Waals surface area contributed by atoms with Crippen LogP contribution in [0.2, 0.25) is 0 Å². The third-order valence-electron chi connectivity index (χ3n) is 3.73. The summed E-state index contributed by atoms with van der Waals surface area (Å²) in [6, 6.07) is 3.60. The van der Waals surface area contributed by atoms with Crippen LogP contribution in [0.25, 0.3) is 0 Å². The van der Waals surface area contributed by atoms with Gasteiger partial charge in [-0.15, -0.1) is 0 Å². The molecule has 1 saturated carbocycles. The van der Waals surface area contributed by atoms with E-state index in [-0.39, 0.29) is 12.4 Å². The molecule has 0 aromatic heterocycles. The number of hydrogen-bond donors (Lipinski definition) is 2. The Morgan fingerprint density at radius 1 is 1.23 bits per heavy atom. The lowest BCUT2D eigenvalue weighted by Gasteiger charge is -2.16. The number of nitrogens with zero attached hydrogens (tertiary/aromatic N) is 1. The van der Waals surface area contributed by atoms with Crippen LogP contribution in [0.15, 0.2) is 23.2 Å². The third kappa shape index (κ3) is 5.50. The van der Waals surface area contributed by atoms with Crippen LogP contribution in [0.5, 0.6) is 5.75 Å². The molecule has 0 spiro atoms. The number of benzene rings is 1. The first-order chi connectivity index (χ1) is 10.6. The number of hydrogen-bond acceptors (Lipinski definition) is 2. The molecule has 0 aliphatic heterocycles. The Kier molecular flexibility index (Phi) is 6.43. The Bertz CT molecular complexity index is 500. The maximum absolute atomic E-state index is 13.3. The van der Waals surface area contributed by atoms with Gasteiger partial charge < -0.3 is 15.8 Å². The van der Waals surface area contributed by atoms with Gasteiger partial charge in [0, 0.05) is 12.1 Å². The molecule has 0 unspecified atom stereocenters. The Hall–Kier alpha value is -1.85. The summed E-state index contributed by atoms with van der Waals surface area (Å²) in [5.74, 6) is -0.921. The molecule has 4 nitrogen and oxygen atoms in total. The molecule has 0 atom stereocenters. The highest BCUT2D eigenvalue weighted by Gasteiger charge is 2.12. The van der Waals surface area contributed by atoms with E-state index in [1.807, 2.05) is 0 Å². The zero-order chi connectivity index (χ0) is 15.8. The topological polar surface area (TPSA) is 59.6 Å². The molecule has 6 heteroatoms. The van der Waals surface area contributed by atoms with Crippen LogP contribution >= 0.6 is 0 Å². The molecule has 2 rings (SSSR count). The second-order valence-electron chi connectivity index (χ2n) is 5.52. The molecule has 3 N–H and O–H groups in total. The molecular weight excluding hydrogens is 288 g/mol. The Balaban J connectivity index is 1.72. The van der Waals surface area contributed by atoms with Gasteiger partial charge >= 0.3 is 0 Å². The second kappa shape index (κ2) is 8.56. The number of nitrogens with one attached hydrogen (secondary N) is 1. The number of halogens is 2. The van der Waals surface area contributed by atoms with E-state index in [2.05, 4.69) is 10.3 Å². The maximum Gasteiger partial charge on any atom is 0.188 e. The number of rotatable bonds is 5. The number of ether oxygens (including phenoxy) is 1. The van der Waals surface area contributed by atoms with Crippen molar-refractivity contribution in [2.24, 2.45) is 10.7 Å². The normalized spacial score (nSPS) is 17.1. The van der Waals surface area contributed by atoms with Crippen LogP contribution in [0, 0.1) is 11.6 Å². The van der Waals surface area contributed by atoms with Crippen molar-refractivity contribution >= 4 is 5.96 Å². The summed E-state index contributed by atoms with van der Waals surface area (Å²) in [6.07, 6.45) is 7.25. The number of nitrogens with two attached hydrogens (primary N) is 1. The summed E-state index contributed by atoms with van der Waals surface area (Å²) in [7, 11) is 0. The van der Waals surface area contributed by atoms with Gasteiger partial charge in [0.15, 0.2) is 17.5 Å². The zero-order valence-corrected chi connectivity index (χ0v) is 12.7. The predicted octanol–water partition coefficient (Wildman–Crippen LogP) is 2.97. The van der Waals surface area contributed by atoms with Crippen molar-refractivity contribution in [3.63, 3.8) is 0 Å². The lowest BCUT2D eigenvalue weighted by Crippen LogP contribution is -2.40. The average molecular weight is 311 g/mol. The fraction of sp³-hybridized carbons (Fsp3) is 0.562. The molecule has 0 radical (unpaired) electrons. The smallest absolute Gasteiger partial charge is 0.188 e. The monoisotopic (exact) mass is 311 g/mol. The lowest BCUT2D eigenvalue weighted by atomic mass is 10.1. The summed E-state index contributed by atoms with van der Waals surface area (Å²) < 4.78 is 31.3. The fourth-order valence-electron chi connectivity index (χ4n) is 2.59. The first-order valence-electron chi connectivity index (χ1n) is 7.79. The minimum absolute atomic E-state index is 0.0203. The van der Waals surface area contributed by atoms with E-state index >= 15 is 0 Å². The summed E-state index contributed by atoms with van der Waals surface area (Å²) in [4.78, 5) is 4.17. The van der Waals surface area contributed by atoms with Crippen molar-refractivity contribution in [2.75, 3.05) is 13.2 Å². The summed E-state index contributed by atoms with van der Waals surface area (Å²) >= 11 is 0. The highest BCUT2D eigenvalue weighted by molar-refractivity contribution is 5.78. The molecule has 0 bridgehead atoms. The van der Waals surface area contributed by atoms with E-state index in [4.69, 9.17) is 10.5 Å². The van der Waals surface area contributed by atoms with E-state index < -0.39 is 11.6 Å². The van der Waals surface area contributed by atoms with Crippen LogP contribution in [0.3, 0.4) is 0 Å². The molecule has 1 aliphatic carbocycles. The van der Waals surface area contributed by atoms with Gasteiger partial charge in [0.2, 0.25) is 0 Å². The van der Waals surface area contributed by atoms with Crippen LogP contribution in [-0.4, -0.2) is 25.2 Å². The summed E-state index contributed by atoms with van der Waals surface area (Å²) in [5.41, 5.74) is 5.84. The van der Waals surface area contributed by atoms with Crippen LogP contribution in [0.4, 0.5) is 8.78 Å². The summed E-state index contributed by atoms with van der Waals surface area (Å²) in [5, 5.41) is 3.22. The molecular formula is C16H23F2N3O. The number of guanidine groups is 1. The van der Waals surface area contributed by atoms with Crippen LogP contribution in [-0.2, 0) is 0 Å². The Labute approximate surface area is 129 Å². The first kappa shape index (κ1) is 16.5. The van der Waals surface area contributed by atoms with Gasteiger partial charge in [-0.25, -0.2) is 13.8 Å². The Morgan fingerprint density at radius 3 is 2.64 bits per heavy atom. The largest absolute Gasteiger partial charge is 0.489 e. The molecule has 1 aliphatic rings. The van der Waals surface area contributed by atoms with Gasteiger partial charge in [-0.1, -0.05) is 25.7 Å². The highest BCUT2D eigenvalue weighted by Crippen LogP contribution is 2.18. The van der Waals surface area contributed by atoms with Gasteiger partial charge in [-0.2, -0.15) is 0 Å². The van der Waals surface area contributed by atoms with Gasteiger partial charge in [-0.3, -0.25) is 0 Å². The van der Waals surface area contributed by atoms with E-state index in [0.717, 1.165) is 25.0 Å². The van der Waals surface area contributed by atoms with Crippen LogP contribution < -0.4 is 15.8 Å². The van der Waals surface area contributed by atoms with Crippen molar-refractivity contribution in [2.45, 2.75) is 44.6 Å². The zero-order valence-electron chi connectivity index (χ0n) is 12.7. The summed E-state index contributed by atoms with van der Waals surface area (Å²) in [6.45, 7) is 0.512. The van der Waals surface area contributed by atoms with Crippen LogP contribution in [0.1, 0.15) is 38.5 Å². The van der Waals surface area contributed by atoms with Crippen molar-refractivity contribution in [1.29, 1.82) is 0 Å². The van der Waals surface area contributed by atoms with Crippen molar-refractivity contribution in [1.82, 2.24) is 5.32 Å². The van der Waals surface area contributed by atoms with E-state index in [1.165, 1.54) is 31.7 Å². The molecule has 0 saturated heterocycles. The molecule has 22 heavy (non-hydrogen) atoms. The third-order valence-corrected chi connectivity index (χ3v) is 3.73. The van der Waals surface area contributed by atoms with E-state index in [9.17, 15) is 8.78 Å². The van der Waals surface area contributed by atoms with Gasteiger partial charge in [0.25, 0.3) is 0 Å². The standard InChI is InChI=1S/C16H23F2N3O/c17-12-7-8-15(14(18)11-12)22-10-9-20-16(19)21-13-5-3-1-2-4-6-13/h7-8,11,13H,1-6,9-10H2,(H3,19,20,21). The Morgan fingerprint density at radius 2 is 1.95 bits per heavy atom. The SMILES string of the molecule is NC(=NCCOc1ccc(F)cc1F)NC1CCCCCC1. The van der Waals surface area contributed by atoms with Gasteiger partial charge in [-0.05, 0) is 25.0 Å². The van der Waals surface area contributed by atoms with Crippen molar-refractivity contribution in [3.8, 4) is 5.75 Å². The minimum atomic E-state index is -0.714. The predicted molar refractivity (Wildman–Crippen MR) is 83.0 cm³/mol. The molecule has 1 fully saturated rings. The molecule has 122 valence electrons. The lowest BCUT2D eigenvalue weighted by molar-refractivity contribution is 0.310. The molecule has 0 amide bonds. The van der Waals surface area contributed by atoms with Crippen molar-refractivity contribution < 1.29 is 13.5 Å². The van der Waals surface area contributed by atoms with Gasteiger partial charge in [0.05, 0.1) is 6.54 Å². The molecule has 1 aromatic rings. The van der Waals surface area contributed by atoms with Crippen molar-refractivity contribution in [3.05, 3.63) is 29.8 Å². The van der Waals surface area contributed by atoms with E-state index in [0.29, 0.717) is 18.5 Å². The van der Waals surface area contributed by atoms with Gasteiger partial charge in [0.1, 0.15) is 12.4 Å². The highest BCUT2D eigenvalue weighted by atomic mass is 19.1. The quantitative estimate of drug-likeness (QED) is 0.380. The molecule has 1 aromatic carbocycles. The van der Waals surface area contributed by atoms with E-state index in [1.54, 1.807) is 0 Å². The fourth-order valence-corrected chi connectivity index (χ4v) is 2.59. The minimum Gasteiger partial charge on any atom is -0.489 e.